The number of likely N-dealkylation sites (N-methyl/N-ethyl adjacent to an activating group) is 1. The quantitative estimate of drug-likeness (QED) is 0.673. The van der Waals surface area contributed by atoms with Crippen LogP contribution in [0.3, 0.4) is 0 Å². The van der Waals surface area contributed by atoms with Gasteiger partial charge in [-0.15, -0.1) is 0 Å². The molecule has 1 amide bonds. The summed E-state index contributed by atoms with van der Waals surface area (Å²) in [5.74, 6) is 1.76. The summed E-state index contributed by atoms with van der Waals surface area (Å²) in [4.78, 5) is 23.2. The van der Waals surface area contributed by atoms with E-state index < -0.39 is 12.2 Å². The van der Waals surface area contributed by atoms with Crippen LogP contribution in [-0.4, -0.2) is 45.9 Å². The van der Waals surface area contributed by atoms with Gasteiger partial charge >= 0.3 is 0 Å². The minimum absolute atomic E-state index is 0.352. The number of aliphatic imine (C=N–C) groups is 1. The number of fused-ring (bicyclic) bond motifs is 1. The molecule has 0 spiro atoms. The number of aryl methyl sites for hydroxylation is 1. The summed E-state index contributed by atoms with van der Waals surface area (Å²) in [6.07, 6.45) is 6.66. The molecule has 1 aliphatic heterocycles. The second-order valence-electron chi connectivity index (χ2n) is 8.67. The molecule has 1 aromatic carbocycles. The molecule has 4 N–H and O–H groups in total. The average Bonchev–Trinajstić information content (AvgIpc) is 2.78. The Morgan fingerprint density at radius 2 is 1.84 bits per heavy atom. The molecule has 8 heteroatoms. The zero-order chi connectivity index (χ0) is 23.3. The van der Waals surface area contributed by atoms with Crippen LogP contribution >= 0.6 is 0 Å². The van der Waals surface area contributed by atoms with Crippen LogP contribution in [0.15, 0.2) is 29.3 Å². The van der Waals surface area contributed by atoms with Crippen LogP contribution in [0, 0.1) is 6.92 Å². The number of aromatic nitrogens is 2. The standard InChI is InChI=1S/C21H26N4O.C3H7NO2/c1-13-23-19(22)17-20(24-13)26-21(2,3)18(25-17)16-11-9-15(10-12-16)14-7-5-4-6-8-14;1-4-3(6)2-5/h9-12,14H,4-8H2,1-3H3,(H2,22,23,24);5H,2H2,1H3,(H,4,6). The van der Waals surface area contributed by atoms with E-state index in [0.717, 1.165) is 11.3 Å². The summed E-state index contributed by atoms with van der Waals surface area (Å²) in [7, 11) is 1.47. The van der Waals surface area contributed by atoms with E-state index >= 15 is 0 Å². The number of nitrogens with one attached hydrogen (secondary N) is 1. The molecule has 0 unspecified atom stereocenters. The van der Waals surface area contributed by atoms with Gasteiger partial charge in [0, 0.05) is 12.6 Å². The Morgan fingerprint density at radius 1 is 1.19 bits per heavy atom. The van der Waals surface area contributed by atoms with Gasteiger partial charge in [-0.05, 0) is 45.1 Å². The lowest BCUT2D eigenvalue weighted by molar-refractivity contribution is -0.123. The molecule has 0 saturated heterocycles. The highest BCUT2D eigenvalue weighted by atomic mass is 16.5. The van der Waals surface area contributed by atoms with Crippen LogP contribution in [-0.2, 0) is 4.79 Å². The number of carbonyl (C=O) groups excluding carboxylic acids is 1. The van der Waals surface area contributed by atoms with Crippen molar-refractivity contribution in [1.29, 1.82) is 0 Å². The zero-order valence-electron chi connectivity index (χ0n) is 19.3. The van der Waals surface area contributed by atoms with Crippen LogP contribution in [0.1, 0.15) is 68.8 Å². The van der Waals surface area contributed by atoms with Gasteiger partial charge in [-0.3, -0.25) is 4.79 Å². The Morgan fingerprint density at radius 3 is 2.41 bits per heavy atom. The monoisotopic (exact) mass is 439 g/mol. The highest BCUT2D eigenvalue weighted by Gasteiger charge is 2.35. The van der Waals surface area contributed by atoms with E-state index in [0.29, 0.717) is 29.1 Å². The number of anilines is 1. The smallest absolute Gasteiger partial charge is 0.246 e. The molecule has 1 aromatic heterocycles. The van der Waals surface area contributed by atoms with E-state index in [1.165, 1.54) is 44.7 Å². The van der Waals surface area contributed by atoms with Crippen molar-refractivity contribution < 1.29 is 14.6 Å². The van der Waals surface area contributed by atoms with Crippen molar-refractivity contribution in [3.05, 3.63) is 41.2 Å². The lowest BCUT2D eigenvalue weighted by Crippen LogP contribution is -2.41. The van der Waals surface area contributed by atoms with Gasteiger partial charge in [0.2, 0.25) is 11.8 Å². The van der Waals surface area contributed by atoms with Crippen molar-refractivity contribution in [3.8, 4) is 5.88 Å². The van der Waals surface area contributed by atoms with Crippen LogP contribution in [0.5, 0.6) is 5.88 Å². The third kappa shape index (κ3) is 5.43. The Balaban J connectivity index is 0.000000427. The number of ether oxygens (including phenoxy) is 1. The van der Waals surface area contributed by atoms with Crippen molar-refractivity contribution in [3.63, 3.8) is 0 Å². The average molecular weight is 440 g/mol. The highest BCUT2D eigenvalue weighted by molar-refractivity contribution is 6.09. The predicted molar refractivity (Wildman–Crippen MR) is 126 cm³/mol. The fraction of sp³-hybridized carbons (Fsp3) is 0.500. The lowest BCUT2D eigenvalue weighted by Gasteiger charge is -2.32. The van der Waals surface area contributed by atoms with E-state index in [1.54, 1.807) is 6.92 Å². The minimum atomic E-state index is -0.577. The SMILES string of the molecule is CNC(=O)CO.Cc1nc(N)c2c(n1)OC(C)(C)C(c1ccc(C3CCCCC3)cc1)=N2. The molecule has 2 aliphatic rings. The molecule has 172 valence electrons. The van der Waals surface area contributed by atoms with Crippen molar-refractivity contribution >= 4 is 23.1 Å². The molecule has 1 saturated carbocycles. The van der Waals surface area contributed by atoms with Crippen molar-refractivity contribution in [1.82, 2.24) is 15.3 Å². The molecule has 1 aliphatic carbocycles. The summed E-state index contributed by atoms with van der Waals surface area (Å²) >= 11 is 0. The molecule has 4 rings (SSSR count). The number of hydrogen-bond donors (Lipinski definition) is 3. The van der Waals surface area contributed by atoms with Crippen LogP contribution in [0.4, 0.5) is 11.5 Å². The van der Waals surface area contributed by atoms with E-state index in [9.17, 15) is 4.79 Å². The summed E-state index contributed by atoms with van der Waals surface area (Å²) < 4.78 is 6.13. The molecule has 0 bridgehead atoms. The summed E-state index contributed by atoms with van der Waals surface area (Å²) in [6.45, 7) is 5.40. The molecule has 0 atom stereocenters. The maximum Gasteiger partial charge on any atom is 0.246 e. The number of hydrogen-bond acceptors (Lipinski definition) is 7. The first-order valence-electron chi connectivity index (χ1n) is 11.1. The van der Waals surface area contributed by atoms with Crippen molar-refractivity contribution in [2.75, 3.05) is 19.4 Å². The van der Waals surface area contributed by atoms with E-state index in [-0.39, 0.29) is 5.91 Å². The highest BCUT2D eigenvalue weighted by Crippen LogP contribution is 2.40. The minimum Gasteiger partial charge on any atom is -0.463 e. The zero-order valence-corrected chi connectivity index (χ0v) is 19.3. The van der Waals surface area contributed by atoms with Gasteiger partial charge in [-0.2, -0.15) is 4.98 Å². The third-order valence-electron chi connectivity index (χ3n) is 5.82. The summed E-state index contributed by atoms with van der Waals surface area (Å²) in [5, 5.41) is 10.1. The van der Waals surface area contributed by atoms with Gasteiger partial charge in [-0.25, -0.2) is 9.98 Å². The number of aliphatic hydroxyl groups excluding tert-OH is 1. The number of amides is 1. The molecule has 32 heavy (non-hydrogen) atoms. The number of nitrogen functional groups attached to an aromatic ring is 1. The Bertz CT molecular complexity index is 974. The largest absolute Gasteiger partial charge is 0.463 e. The molecular formula is C24H33N5O3. The van der Waals surface area contributed by atoms with E-state index in [4.69, 9.17) is 20.6 Å². The van der Waals surface area contributed by atoms with Crippen molar-refractivity contribution in [2.24, 2.45) is 4.99 Å². The summed E-state index contributed by atoms with van der Waals surface area (Å²) in [6, 6.07) is 8.80. The van der Waals surface area contributed by atoms with Gasteiger partial charge in [0.15, 0.2) is 11.5 Å². The number of benzene rings is 1. The molecular weight excluding hydrogens is 406 g/mol. The Labute approximate surface area is 189 Å². The predicted octanol–water partition coefficient (Wildman–Crippen LogP) is 3.43. The Hall–Kier alpha value is -3.00. The van der Waals surface area contributed by atoms with Crippen molar-refractivity contribution in [2.45, 2.75) is 64.4 Å². The Kier molecular flexibility index (Phi) is 7.45. The number of carbonyl (C=O) groups is 1. The van der Waals surface area contributed by atoms with Gasteiger partial charge in [0.05, 0.1) is 5.71 Å². The number of aliphatic hydroxyl groups is 1. The first-order valence-corrected chi connectivity index (χ1v) is 11.1. The number of nitrogens with zero attached hydrogens (tertiary/aromatic N) is 3. The van der Waals surface area contributed by atoms with Crippen LogP contribution in [0.25, 0.3) is 0 Å². The molecule has 2 heterocycles. The summed E-state index contributed by atoms with van der Waals surface area (Å²) in [5.41, 5.74) is 9.36. The second-order valence-corrected chi connectivity index (χ2v) is 8.67. The van der Waals surface area contributed by atoms with Gasteiger partial charge in [0.1, 0.15) is 18.0 Å². The second kappa shape index (κ2) is 10.1. The number of nitrogens with two attached hydrogens (primary N) is 1. The maximum atomic E-state index is 9.82. The fourth-order valence-electron chi connectivity index (χ4n) is 4.11. The van der Waals surface area contributed by atoms with Crippen LogP contribution < -0.4 is 15.8 Å². The normalized spacial score (nSPS) is 17.2. The van der Waals surface area contributed by atoms with E-state index in [1.807, 2.05) is 13.8 Å². The molecule has 2 aromatic rings. The molecule has 8 nitrogen and oxygen atoms in total. The van der Waals surface area contributed by atoms with E-state index in [2.05, 4.69) is 39.6 Å². The maximum absolute atomic E-state index is 9.82. The number of rotatable bonds is 3. The first-order chi connectivity index (χ1) is 15.2. The lowest BCUT2D eigenvalue weighted by atomic mass is 9.83. The van der Waals surface area contributed by atoms with Crippen LogP contribution in [0.2, 0.25) is 0 Å². The molecule has 1 fully saturated rings. The third-order valence-corrected chi connectivity index (χ3v) is 5.82. The van der Waals surface area contributed by atoms with Gasteiger partial charge < -0.3 is 20.9 Å². The first kappa shape index (κ1) is 23.7. The van der Waals surface area contributed by atoms with Gasteiger partial charge in [-0.1, -0.05) is 43.5 Å². The van der Waals surface area contributed by atoms with Gasteiger partial charge in [0.25, 0.3) is 0 Å². The topological polar surface area (TPSA) is 123 Å². The fourth-order valence-corrected chi connectivity index (χ4v) is 4.11. The molecule has 0 radical (unpaired) electrons.